The van der Waals surface area contributed by atoms with Crippen molar-refractivity contribution in [3.63, 3.8) is 0 Å². The summed E-state index contributed by atoms with van der Waals surface area (Å²) in [6.45, 7) is 1.52. The second-order valence-corrected chi connectivity index (χ2v) is 4.06. The molecule has 1 aromatic carbocycles. The van der Waals surface area contributed by atoms with Gasteiger partial charge in [-0.25, -0.2) is 0 Å². The van der Waals surface area contributed by atoms with Gasteiger partial charge in [0.2, 0.25) is 5.91 Å². The van der Waals surface area contributed by atoms with Crippen molar-refractivity contribution in [3.8, 4) is 0 Å². The molecule has 0 radical (unpaired) electrons. The predicted molar refractivity (Wildman–Crippen MR) is 65.6 cm³/mol. The quantitative estimate of drug-likeness (QED) is 0.670. The lowest BCUT2D eigenvalue weighted by molar-refractivity contribution is -0.122. The summed E-state index contributed by atoms with van der Waals surface area (Å²) in [5.41, 5.74) is 2.31. The third-order valence-corrected chi connectivity index (χ3v) is 2.69. The summed E-state index contributed by atoms with van der Waals surface area (Å²) >= 11 is 0. The lowest BCUT2D eigenvalue weighted by Crippen LogP contribution is -2.40. The SMILES string of the molecule is Cc1ccccc1CCC(=O)NC(CO)CO. The number of benzene rings is 1. The summed E-state index contributed by atoms with van der Waals surface area (Å²) in [6.07, 6.45) is 1.03. The number of carbonyl (C=O) groups is 1. The van der Waals surface area contributed by atoms with E-state index in [0.717, 1.165) is 5.56 Å². The first-order chi connectivity index (χ1) is 8.17. The molecule has 0 saturated carbocycles. The lowest BCUT2D eigenvalue weighted by Gasteiger charge is -2.13. The molecule has 1 amide bonds. The van der Waals surface area contributed by atoms with Gasteiger partial charge in [0, 0.05) is 6.42 Å². The van der Waals surface area contributed by atoms with Gasteiger partial charge >= 0.3 is 0 Å². The number of hydrogen-bond donors (Lipinski definition) is 3. The van der Waals surface area contributed by atoms with Crippen LogP contribution in [0.3, 0.4) is 0 Å². The summed E-state index contributed by atoms with van der Waals surface area (Å²) in [5, 5.41) is 20.2. The number of hydrogen-bond acceptors (Lipinski definition) is 3. The molecule has 0 heterocycles. The Kier molecular flexibility index (Phi) is 5.66. The Labute approximate surface area is 101 Å². The van der Waals surface area contributed by atoms with E-state index in [2.05, 4.69) is 5.32 Å². The van der Waals surface area contributed by atoms with Crippen LogP contribution in [0.1, 0.15) is 17.5 Å². The van der Waals surface area contributed by atoms with E-state index >= 15 is 0 Å². The van der Waals surface area contributed by atoms with E-state index in [9.17, 15) is 4.79 Å². The molecule has 0 saturated heterocycles. The smallest absolute Gasteiger partial charge is 0.220 e. The summed E-state index contributed by atoms with van der Waals surface area (Å²) in [4.78, 5) is 11.5. The van der Waals surface area contributed by atoms with Crippen LogP contribution in [-0.4, -0.2) is 35.4 Å². The minimum atomic E-state index is -0.556. The van der Waals surface area contributed by atoms with Crippen molar-refractivity contribution >= 4 is 5.91 Å². The van der Waals surface area contributed by atoms with Gasteiger partial charge in [-0.15, -0.1) is 0 Å². The van der Waals surface area contributed by atoms with Crippen molar-refractivity contribution in [3.05, 3.63) is 35.4 Å². The molecule has 3 N–H and O–H groups in total. The third-order valence-electron chi connectivity index (χ3n) is 2.69. The molecule has 0 aliphatic heterocycles. The van der Waals surface area contributed by atoms with Gasteiger partial charge in [-0.05, 0) is 24.5 Å². The topological polar surface area (TPSA) is 69.6 Å². The average molecular weight is 237 g/mol. The fourth-order valence-corrected chi connectivity index (χ4v) is 1.59. The largest absolute Gasteiger partial charge is 0.394 e. The molecule has 0 atom stereocenters. The second kappa shape index (κ2) is 7.04. The van der Waals surface area contributed by atoms with Crippen molar-refractivity contribution in [2.75, 3.05) is 13.2 Å². The van der Waals surface area contributed by atoms with Gasteiger partial charge in [0.25, 0.3) is 0 Å². The molecule has 0 bridgehead atoms. The van der Waals surface area contributed by atoms with Crippen molar-refractivity contribution in [2.24, 2.45) is 0 Å². The standard InChI is InChI=1S/C13H19NO3/c1-10-4-2-3-5-11(10)6-7-13(17)14-12(8-15)9-16/h2-5,12,15-16H,6-9H2,1H3,(H,14,17). The number of nitrogens with one attached hydrogen (secondary N) is 1. The maximum absolute atomic E-state index is 11.5. The van der Waals surface area contributed by atoms with Crippen molar-refractivity contribution < 1.29 is 15.0 Å². The van der Waals surface area contributed by atoms with Crippen LogP contribution in [0.25, 0.3) is 0 Å². The predicted octanol–water partition coefficient (Wildman–Crippen LogP) is 0.397. The Bertz CT molecular complexity index is 361. The van der Waals surface area contributed by atoms with E-state index in [4.69, 9.17) is 10.2 Å². The summed E-state index contributed by atoms with van der Waals surface area (Å²) < 4.78 is 0. The van der Waals surface area contributed by atoms with Gasteiger partial charge in [0.15, 0.2) is 0 Å². The van der Waals surface area contributed by atoms with Gasteiger partial charge < -0.3 is 15.5 Å². The average Bonchev–Trinajstić information content (AvgIpc) is 2.35. The van der Waals surface area contributed by atoms with E-state index < -0.39 is 6.04 Å². The minimum absolute atomic E-state index is 0.152. The molecule has 0 aliphatic carbocycles. The van der Waals surface area contributed by atoms with Crippen LogP contribution in [0.4, 0.5) is 0 Å². The number of rotatable bonds is 6. The minimum Gasteiger partial charge on any atom is -0.394 e. The second-order valence-electron chi connectivity index (χ2n) is 4.06. The number of aliphatic hydroxyl groups excluding tert-OH is 2. The Morgan fingerprint density at radius 1 is 1.29 bits per heavy atom. The normalized spacial score (nSPS) is 10.6. The highest BCUT2D eigenvalue weighted by atomic mass is 16.3. The van der Waals surface area contributed by atoms with E-state index in [1.165, 1.54) is 5.56 Å². The van der Waals surface area contributed by atoms with Gasteiger partial charge in [-0.3, -0.25) is 4.79 Å². The zero-order chi connectivity index (χ0) is 12.7. The highest BCUT2D eigenvalue weighted by Crippen LogP contribution is 2.09. The molecule has 4 heteroatoms. The van der Waals surface area contributed by atoms with E-state index in [-0.39, 0.29) is 19.1 Å². The fourth-order valence-electron chi connectivity index (χ4n) is 1.59. The van der Waals surface area contributed by atoms with Gasteiger partial charge in [-0.1, -0.05) is 24.3 Å². The molecule has 1 aromatic rings. The molecule has 0 fully saturated rings. The van der Waals surface area contributed by atoms with Gasteiger partial charge in [-0.2, -0.15) is 0 Å². The Morgan fingerprint density at radius 2 is 1.94 bits per heavy atom. The van der Waals surface area contributed by atoms with Gasteiger partial charge in [0.1, 0.15) is 0 Å². The first kappa shape index (κ1) is 13.7. The first-order valence-corrected chi connectivity index (χ1v) is 5.73. The van der Waals surface area contributed by atoms with Crippen LogP contribution in [0, 0.1) is 6.92 Å². The number of aliphatic hydroxyl groups is 2. The third kappa shape index (κ3) is 4.54. The van der Waals surface area contributed by atoms with E-state index in [1.54, 1.807) is 0 Å². The summed E-state index contributed by atoms with van der Waals surface area (Å²) in [7, 11) is 0. The van der Waals surface area contributed by atoms with E-state index in [1.807, 2.05) is 31.2 Å². The molecule has 94 valence electrons. The molecular weight excluding hydrogens is 218 g/mol. The number of aryl methyl sites for hydroxylation is 2. The maximum atomic E-state index is 11.5. The maximum Gasteiger partial charge on any atom is 0.220 e. The van der Waals surface area contributed by atoms with Crippen LogP contribution >= 0.6 is 0 Å². The molecule has 4 nitrogen and oxygen atoms in total. The van der Waals surface area contributed by atoms with Crippen molar-refractivity contribution in [1.82, 2.24) is 5.32 Å². The Morgan fingerprint density at radius 3 is 2.53 bits per heavy atom. The molecule has 0 aliphatic rings. The van der Waals surface area contributed by atoms with Crippen LogP contribution in [0.5, 0.6) is 0 Å². The Balaban J connectivity index is 2.41. The van der Waals surface area contributed by atoms with Crippen LogP contribution in [0.2, 0.25) is 0 Å². The van der Waals surface area contributed by atoms with Crippen molar-refractivity contribution in [1.29, 1.82) is 0 Å². The Hall–Kier alpha value is -1.39. The summed E-state index contributed by atoms with van der Waals surface area (Å²) in [6, 6.07) is 7.37. The molecule has 0 aromatic heterocycles. The summed E-state index contributed by atoms with van der Waals surface area (Å²) in [5.74, 6) is -0.152. The zero-order valence-electron chi connectivity index (χ0n) is 10.0. The number of amides is 1. The lowest BCUT2D eigenvalue weighted by atomic mass is 10.0. The molecule has 1 rings (SSSR count). The van der Waals surface area contributed by atoms with Crippen LogP contribution < -0.4 is 5.32 Å². The highest BCUT2D eigenvalue weighted by Gasteiger charge is 2.10. The van der Waals surface area contributed by atoms with Crippen molar-refractivity contribution in [2.45, 2.75) is 25.8 Å². The molecular formula is C13H19NO3. The molecule has 0 unspecified atom stereocenters. The molecule has 17 heavy (non-hydrogen) atoms. The molecule has 0 spiro atoms. The van der Waals surface area contributed by atoms with Crippen LogP contribution in [0.15, 0.2) is 24.3 Å². The first-order valence-electron chi connectivity index (χ1n) is 5.73. The number of carbonyl (C=O) groups excluding carboxylic acids is 1. The zero-order valence-corrected chi connectivity index (χ0v) is 10.0. The highest BCUT2D eigenvalue weighted by molar-refractivity contribution is 5.76. The van der Waals surface area contributed by atoms with E-state index in [0.29, 0.717) is 12.8 Å². The van der Waals surface area contributed by atoms with Crippen LogP contribution in [-0.2, 0) is 11.2 Å². The monoisotopic (exact) mass is 237 g/mol. The van der Waals surface area contributed by atoms with Gasteiger partial charge in [0.05, 0.1) is 19.3 Å². The fraction of sp³-hybridized carbons (Fsp3) is 0.462.